The Kier molecular flexibility index (Phi) is 4.94. The first-order valence-corrected chi connectivity index (χ1v) is 8.31. The van der Waals surface area contributed by atoms with Gasteiger partial charge in [0, 0.05) is 30.2 Å². The van der Waals surface area contributed by atoms with E-state index in [1.54, 1.807) is 0 Å². The fourth-order valence-corrected chi connectivity index (χ4v) is 3.21. The summed E-state index contributed by atoms with van der Waals surface area (Å²) in [6.07, 6.45) is 5.99. The Labute approximate surface area is 127 Å². The SMILES string of the molecule is CC1CCN(CCNCCc2c[nH]c3ccccc23)CC1. The molecule has 2 heterocycles. The van der Waals surface area contributed by atoms with Gasteiger partial charge < -0.3 is 15.2 Å². The summed E-state index contributed by atoms with van der Waals surface area (Å²) in [5.74, 6) is 0.927. The predicted molar refractivity (Wildman–Crippen MR) is 89.7 cm³/mol. The minimum absolute atomic E-state index is 0.927. The van der Waals surface area contributed by atoms with Gasteiger partial charge in [0.2, 0.25) is 0 Å². The molecule has 21 heavy (non-hydrogen) atoms. The molecule has 3 rings (SSSR count). The zero-order chi connectivity index (χ0) is 14.5. The van der Waals surface area contributed by atoms with Crippen molar-refractivity contribution in [2.45, 2.75) is 26.2 Å². The van der Waals surface area contributed by atoms with Crippen LogP contribution in [0.1, 0.15) is 25.3 Å². The molecule has 3 heteroatoms. The van der Waals surface area contributed by atoms with Crippen LogP contribution >= 0.6 is 0 Å². The van der Waals surface area contributed by atoms with E-state index in [0.717, 1.165) is 25.4 Å². The number of piperidine rings is 1. The highest BCUT2D eigenvalue weighted by Crippen LogP contribution is 2.17. The third kappa shape index (κ3) is 3.86. The van der Waals surface area contributed by atoms with E-state index in [-0.39, 0.29) is 0 Å². The van der Waals surface area contributed by atoms with E-state index in [9.17, 15) is 0 Å². The molecular formula is C18H27N3. The monoisotopic (exact) mass is 285 g/mol. The molecule has 1 saturated heterocycles. The lowest BCUT2D eigenvalue weighted by Crippen LogP contribution is -2.38. The van der Waals surface area contributed by atoms with Gasteiger partial charge in [0.05, 0.1) is 0 Å². The number of aromatic amines is 1. The average molecular weight is 285 g/mol. The zero-order valence-corrected chi connectivity index (χ0v) is 13.1. The molecule has 3 nitrogen and oxygen atoms in total. The maximum Gasteiger partial charge on any atom is 0.0456 e. The van der Waals surface area contributed by atoms with Crippen LogP contribution in [0.5, 0.6) is 0 Å². The summed E-state index contributed by atoms with van der Waals surface area (Å²) in [7, 11) is 0. The molecule has 0 saturated carbocycles. The van der Waals surface area contributed by atoms with Gasteiger partial charge in [-0.25, -0.2) is 0 Å². The first-order valence-electron chi connectivity index (χ1n) is 8.31. The molecule has 2 N–H and O–H groups in total. The lowest BCUT2D eigenvalue weighted by Gasteiger charge is -2.30. The molecule has 1 aromatic heterocycles. The molecular weight excluding hydrogens is 258 g/mol. The summed E-state index contributed by atoms with van der Waals surface area (Å²) >= 11 is 0. The van der Waals surface area contributed by atoms with Crippen molar-refractivity contribution in [3.63, 3.8) is 0 Å². The number of para-hydroxylation sites is 1. The van der Waals surface area contributed by atoms with Crippen LogP contribution in [-0.4, -0.2) is 42.6 Å². The van der Waals surface area contributed by atoms with E-state index < -0.39 is 0 Å². The fraction of sp³-hybridized carbons (Fsp3) is 0.556. The highest BCUT2D eigenvalue weighted by atomic mass is 15.1. The number of nitrogens with zero attached hydrogens (tertiary/aromatic N) is 1. The minimum atomic E-state index is 0.927. The van der Waals surface area contributed by atoms with Crippen LogP contribution in [0.25, 0.3) is 10.9 Å². The Balaban J connectivity index is 1.37. The second-order valence-electron chi connectivity index (χ2n) is 6.38. The van der Waals surface area contributed by atoms with Crippen LogP contribution in [0.3, 0.4) is 0 Å². The molecule has 1 fully saturated rings. The average Bonchev–Trinajstić information content (AvgIpc) is 2.92. The van der Waals surface area contributed by atoms with E-state index >= 15 is 0 Å². The Morgan fingerprint density at radius 2 is 2.00 bits per heavy atom. The largest absolute Gasteiger partial charge is 0.361 e. The highest BCUT2D eigenvalue weighted by Gasteiger charge is 2.14. The fourth-order valence-electron chi connectivity index (χ4n) is 3.21. The molecule has 0 aliphatic carbocycles. The smallest absolute Gasteiger partial charge is 0.0456 e. The Morgan fingerprint density at radius 3 is 2.86 bits per heavy atom. The number of likely N-dealkylation sites (tertiary alicyclic amines) is 1. The molecule has 1 aliphatic rings. The van der Waals surface area contributed by atoms with Gasteiger partial charge in [0.25, 0.3) is 0 Å². The second-order valence-corrected chi connectivity index (χ2v) is 6.38. The number of fused-ring (bicyclic) bond motifs is 1. The number of hydrogen-bond acceptors (Lipinski definition) is 2. The van der Waals surface area contributed by atoms with Crippen LogP contribution < -0.4 is 5.32 Å². The summed E-state index contributed by atoms with van der Waals surface area (Å²) in [6.45, 7) is 8.30. The van der Waals surface area contributed by atoms with Crippen LogP contribution in [-0.2, 0) is 6.42 Å². The third-order valence-electron chi connectivity index (χ3n) is 4.73. The molecule has 0 radical (unpaired) electrons. The van der Waals surface area contributed by atoms with Crippen molar-refractivity contribution in [3.8, 4) is 0 Å². The van der Waals surface area contributed by atoms with Gasteiger partial charge in [0.1, 0.15) is 0 Å². The van der Waals surface area contributed by atoms with E-state index in [0.29, 0.717) is 0 Å². The number of nitrogens with one attached hydrogen (secondary N) is 2. The topological polar surface area (TPSA) is 31.1 Å². The lowest BCUT2D eigenvalue weighted by molar-refractivity contribution is 0.193. The van der Waals surface area contributed by atoms with Crippen LogP contribution in [0.2, 0.25) is 0 Å². The molecule has 0 amide bonds. The molecule has 114 valence electrons. The molecule has 1 aromatic carbocycles. The number of aromatic nitrogens is 1. The van der Waals surface area contributed by atoms with Gasteiger partial charge in [-0.3, -0.25) is 0 Å². The minimum Gasteiger partial charge on any atom is -0.361 e. The maximum absolute atomic E-state index is 3.59. The molecule has 0 atom stereocenters. The third-order valence-corrected chi connectivity index (χ3v) is 4.73. The Hall–Kier alpha value is -1.32. The summed E-state index contributed by atoms with van der Waals surface area (Å²) in [6, 6.07) is 8.55. The predicted octanol–water partition coefficient (Wildman–Crippen LogP) is 3.03. The van der Waals surface area contributed by atoms with Crippen LogP contribution in [0.4, 0.5) is 0 Å². The Morgan fingerprint density at radius 1 is 1.19 bits per heavy atom. The lowest BCUT2D eigenvalue weighted by atomic mass is 9.99. The van der Waals surface area contributed by atoms with Crippen molar-refractivity contribution in [1.82, 2.24) is 15.2 Å². The molecule has 0 unspecified atom stereocenters. The maximum atomic E-state index is 3.59. The zero-order valence-electron chi connectivity index (χ0n) is 13.1. The van der Waals surface area contributed by atoms with E-state index in [4.69, 9.17) is 0 Å². The van der Waals surface area contributed by atoms with E-state index in [2.05, 4.69) is 52.6 Å². The first kappa shape index (κ1) is 14.6. The molecule has 0 spiro atoms. The number of benzene rings is 1. The Bertz CT molecular complexity index is 552. The standard InChI is InChI=1S/C18H27N3/c1-15-7-11-21(12-8-15)13-10-19-9-6-16-14-20-18-5-3-2-4-17(16)18/h2-5,14-15,19-20H,6-13H2,1H3. The van der Waals surface area contributed by atoms with Crippen molar-refractivity contribution >= 4 is 10.9 Å². The van der Waals surface area contributed by atoms with Crippen molar-refractivity contribution in [3.05, 3.63) is 36.0 Å². The van der Waals surface area contributed by atoms with Gasteiger partial charge in [0.15, 0.2) is 0 Å². The number of rotatable bonds is 6. The van der Waals surface area contributed by atoms with Gasteiger partial charge in [-0.2, -0.15) is 0 Å². The molecule has 1 aliphatic heterocycles. The number of hydrogen-bond donors (Lipinski definition) is 2. The quantitative estimate of drug-likeness (QED) is 0.799. The van der Waals surface area contributed by atoms with Crippen molar-refractivity contribution in [2.75, 3.05) is 32.7 Å². The van der Waals surface area contributed by atoms with Gasteiger partial charge >= 0.3 is 0 Å². The highest BCUT2D eigenvalue weighted by molar-refractivity contribution is 5.83. The van der Waals surface area contributed by atoms with E-state index in [1.807, 2.05) is 0 Å². The van der Waals surface area contributed by atoms with Crippen LogP contribution in [0.15, 0.2) is 30.5 Å². The van der Waals surface area contributed by atoms with Crippen molar-refractivity contribution < 1.29 is 0 Å². The first-order chi connectivity index (χ1) is 10.3. The summed E-state index contributed by atoms with van der Waals surface area (Å²) in [4.78, 5) is 5.94. The second kappa shape index (κ2) is 7.10. The summed E-state index contributed by atoms with van der Waals surface area (Å²) < 4.78 is 0. The molecule has 2 aromatic rings. The normalized spacial score (nSPS) is 17.6. The van der Waals surface area contributed by atoms with Gasteiger partial charge in [-0.05, 0) is 56.4 Å². The van der Waals surface area contributed by atoms with Crippen LogP contribution in [0, 0.1) is 5.92 Å². The van der Waals surface area contributed by atoms with Crippen molar-refractivity contribution in [1.29, 1.82) is 0 Å². The van der Waals surface area contributed by atoms with Gasteiger partial charge in [-0.15, -0.1) is 0 Å². The molecule has 0 bridgehead atoms. The van der Waals surface area contributed by atoms with Gasteiger partial charge in [-0.1, -0.05) is 25.1 Å². The number of H-pyrrole nitrogens is 1. The van der Waals surface area contributed by atoms with Crippen molar-refractivity contribution in [2.24, 2.45) is 5.92 Å². The summed E-state index contributed by atoms with van der Waals surface area (Å²) in [5, 5.41) is 4.96. The van der Waals surface area contributed by atoms with E-state index in [1.165, 1.54) is 48.9 Å². The summed E-state index contributed by atoms with van der Waals surface area (Å²) in [5.41, 5.74) is 2.67.